The van der Waals surface area contributed by atoms with Gasteiger partial charge in [0.2, 0.25) is 10.0 Å². The van der Waals surface area contributed by atoms with E-state index in [4.69, 9.17) is 14.2 Å². The molecule has 1 aliphatic rings. The highest BCUT2D eigenvalue weighted by Gasteiger charge is 2.46. The van der Waals surface area contributed by atoms with Gasteiger partial charge >= 0.3 is 0 Å². The van der Waals surface area contributed by atoms with E-state index in [2.05, 4.69) is 11.6 Å². The second-order valence-electron chi connectivity index (χ2n) is 13.6. The number of hydrogen-bond donors (Lipinski definition) is 6. The van der Waals surface area contributed by atoms with Crippen LogP contribution in [0, 0.1) is 6.92 Å². The molecule has 0 amide bonds. The van der Waals surface area contributed by atoms with E-state index >= 15 is 0 Å². The molecule has 1 saturated heterocycles. The highest BCUT2D eigenvalue weighted by molar-refractivity contribution is 7.89. The topological polar surface area (TPSA) is 175 Å². The fourth-order valence-electron chi connectivity index (χ4n) is 6.17. The third-order valence-electron chi connectivity index (χ3n) is 9.34. The van der Waals surface area contributed by atoms with Gasteiger partial charge in [-0.3, -0.25) is 0 Å². The van der Waals surface area contributed by atoms with Gasteiger partial charge in [0.15, 0.2) is 6.29 Å². The van der Waals surface area contributed by atoms with Crippen molar-refractivity contribution in [3.05, 3.63) is 65.7 Å². The molecule has 1 fully saturated rings. The molecule has 284 valence electrons. The third kappa shape index (κ3) is 14.2. The maximum absolute atomic E-state index is 13.4. The zero-order valence-corrected chi connectivity index (χ0v) is 30.6. The molecule has 2 aromatic carbocycles. The van der Waals surface area contributed by atoms with Crippen LogP contribution in [0.15, 0.2) is 59.5 Å². The Bertz CT molecular complexity index is 1280. The van der Waals surface area contributed by atoms with Crippen molar-refractivity contribution in [2.24, 2.45) is 0 Å². The Labute approximate surface area is 299 Å². The lowest BCUT2D eigenvalue weighted by molar-refractivity contribution is -0.311. The maximum Gasteiger partial charge on any atom is 0.240 e. The zero-order valence-electron chi connectivity index (χ0n) is 29.8. The first kappa shape index (κ1) is 42.4. The van der Waals surface area contributed by atoms with Crippen LogP contribution in [0.2, 0.25) is 0 Å². The Morgan fingerprint density at radius 2 is 1.38 bits per heavy atom. The standard InChI is InChI=1S/C38H61NO10S/c1-3-4-5-6-7-8-9-10-11-12-13-17-20-32(41)34(42)31(39-50(45,46)30-23-21-28(2)22-24-30)27-48-38-36(44)37(35(43)33(25-40)49-38)47-26-29-18-15-14-16-19-29/h14-16,18-19,21-24,31-44H,3-13,17,20,25-27H2,1-2H3/t31-,32+,33?,34-,35-,36?,37+,38-/m0/s1. The summed E-state index contributed by atoms with van der Waals surface area (Å²) in [6.07, 6.45) is 4.62. The van der Waals surface area contributed by atoms with Crippen LogP contribution in [-0.2, 0) is 30.8 Å². The quantitative estimate of drug-likeness (QED) is 0.0801. The largest absolute Gasteiger partial charge is 0.394 e. The summed E-state index contributed by atoms with van der Waals surface area (Å²) in [6.45, 7) is 3.03. The Kier molecular flexibility index (Phi) is 19.4. The molecule has 11 nitrogen and oxygen atoms in total. The second-order valence-corrected chi connectivity index (χ2v) is 15.3. The zero-order chi connectivity index (χ0) is 36.4. The van der Waals surface area contributed by atoms with Gasteiger partial charge in [-0.1, -0.05) is 132 Å². The summed E-state index contributed by atoms with van der Waals surface area (Å²) in [5, 5.41) is 53.9. The van der Waals surface area contributed by atoms with Gasteiger partial charge in [-0.2, -0.15) is 0 Å². The summed E-state index contributed by atoms with van der Waals surface area (Å²) < 4.78 is 46.5. The number of hydrogen-bond acceptors (Lipinski definition) is 10. The number of sulfonamides is 1. The molecule has 1 aliphatic heterocycles. The number of benzene rings is 2. The van der Waals surface area contributed by atoms with E-state index in [9.17, 15) is 34.0 Å². The summed E-state index contributed by atoms with van der Waals surface area (Å²) in [7, 11) is -4.15. The van der Waals surface area contributed by atoms with E-state index in [0.29, 0.717) is 6.42 Å². The predicted molar refractivity (Wildman–Crippen MR) is 192 cm³/mol. The molecule has 0 aliphatic carbocycles. The van der Waals surface area contributed by atoms with Crippen molar-refractivity contribution in [2.75, 3.05) is 13.2 Å². The normalized spacial score (nSPS) is 23.1. The summed E-state index contributed by atoms with van der Waals surface area (Å²) in [6, 6.07) is 14.0. The molecule has 2 aromatic rings. The van der Waals surface area contributed by atoms with Gasteiger partial charge < -0.3 is 39.7 Å². The third-order valence-corrected chi connectivity index (χ3v) is 10.9. The van der Waals surface area contributed by atoms with E-state index in [0.717, 1.165) is 30.4 Å². The molecule has 0 saturated carbocycles. The minimum absolute atomic E-state index is 0.0254. The van der Waals surface area contributed by atoms with Crippen LogP contribution in [0.1, 0.15) is 102 Å². The van der Waals surface area contributed by atoms with Gasteiger partial charge in [0.25, 0.3) is 0 Å². The molecule has 3 rings (SSSR count). The smallest absolute Gasteiger partial charge is 0.240 e. The van der Waals surface area contributed by atoms with E-state index < -0.39 is 72.2 Å². The first-order valence-corrected chi connectivity index (χ1v) is 19.9. The highest BCUT2D eigenvalue weighted by atomic mass is 32.2. The van der Waals surface area contributed by atoms with Crippen molar-refractivity contribution in [3.8, 4) is 0 Å². The second kappa shape index (κ2) is 22.9. The van der Waals surface area contributed by atoms with Gasteiger partial charge in [-0.25, -0.2) is 13.1 Å². The molecule has 0 spiro atoms. The Morgan fingerprint density at radius 3 is 1.96 bits per heavy atom. The average Bonchev–Trinajstić information content (AvgIpc) is 3.11. The molecule has 2 unspecified atom stereocenters. The van der Waals surface area contributed by atoms with Gasteiger partial charge in [0, 0.05) is 0 Å². The fraction of sp³-hybridized carbons (Fsp3) is 0.684. The summed E-state index contributed by atoms with van der Waals surface area (Å²) in [5.74, 6) is 0. The van der Waals surface area contributed by atoms with Crippen molar-refractivity contribution < 1.29 is 48.2 Å². The molecular weight excluding hydrogens is 662 g/mol. The van der Waals surface area contributed by atoms with Crippen molar-refractivity contribution in [1.82, 2.24) is 4.72 Å². The van der Waals surface area contributed by atoms with E-state index in [-0.39, 0.29) is 17.9 Å². The van der Waals surface area contributed by atoms with E-state index in [1.807, 2.05) is 37.3 Å². The number of nitrogens with one attached hydrogen (secondary N) is 1. The number of unbranched alkanes of at least 4 members (excludes halogenated alkanes) is 11. The average molecular weight is 724 g/mol. The van der Waals surface area contributed by atoms with Crippen molar-refractivity contribution in [1.29, 1.82) is 0 Å². The van der Waals surface area contributed by atoms with Crippen LogP contribution in [0.3, 0.4) is 0 Å². The van der Waals surface area contributed by atoms with Crippen LogP contribution >= 0.6 is 0 Å². The Morgan fingerprint density at radius 1 is 0.800 bits per heavy atom. The lowest BCUT2D eigenvalue weighted by Crippen LogP contribution is -2.61. The van der Waals surface area contributed by atoms with E-state index in [1.165, 1.54) is 63.5 Å². The monoisotopic (exact) mass is 723 g/mol. The van der Waals surface area contributed by atoms with E-state index in [1.54, 1.807) is 12.1 Å². The number of ether oxygens (including phenoxy) is 3. The fourth-order valence-corrected chi connectivity index (χ4v) is 7.41. The Balaban J connectivity index is 1.59. The minimum atomic E-state index is -4.15. The molecule has 50 heavy (non-hydrogen) atoms. The molecule has 1 heterocycles. The van der Waals surface area contributed by atoms with Gasteiger partial charge in [0.1, 0.15) is 24.4 Å². The van der Waals surface area contributed by atoms with Gasteiger partial charge in [-0.05, 0) is 31.0 Å². The van der Waals surface area contributed by atoms with Crippen molar-refractivity contribution >= 4 is 10.0 Å². The van der Waals surface area contributed by atoms with Gasteiger partial charge in [-0.15, -0.1) is 0 Å². The van der Waals surface area contributed by atoms with Crippen molar-refractivity contribution in [3.63, 3.8) is 0 Å². The lowest BCUT2D eigenvalue weighted by Gasteiger charge is -2.42. The molecule has 6 N–H and O–H groups in total. The number of aliphatic hydroxyl groups excluding tert-OH is 5. The SMILES string of the molecule is CCCCCCCCCCCCCC[C@@H](O)[C@@H](O)[C@H](CO[C@H]1OC(CO)[C@H](O)[C@@H](OCc2ccccc2)C1O)NS(=O)(=O)c1ccc(C)cc1. The molecule has 0 radical (unpaired) electrons. The highest BCUT2D eigenvalue weighted by Crippen LogP contribution is 2.26. The first-order chi connectivity index (χ1) is 24.1. The molecule has 8 atom stereocenters. The number of aliphatic hydroxyl groups is 5. The van der Waals surface area contributed by atoms with Crippen LogP contribution in [0.4, 0.5) is 0 Å². The lowest BCUT2D eigenvalue weighted by atomic mass is 9.98. The Hall–Kier alpha value is -1.97. The molecule has 12 heteroatoms. The van der Waals surface area contributed by atoms with Crippen LogP contribution in [-0.4, -0.2) is 96.1 Å². The molecule has 0 aromatic heterocycles. The first-order valence-electron chi connectivity index (χ1n) is 18.4. The predicted octanol–water partition coefficient (Wildman–Crippen LogP) is 4.50. The van der Waals surface area contributed by atoms with Gasteiger partial charge in [0.05, 0.1) is 43.0 Å². The number of rotatable bonds is 25. The molecule has 0 bridgehead atoms. The summed E-state index contributed by atoms with van der Waals surface area (Å²) in [5.41, 5.74) is 1.67. The maximum atomic E-state index is 13.4. The minimum Gasteiger partial charge on any atom is -0.394 e. The number of aryl methyl sites for hydroxylation is 1. The summed E-state index contributed by atoms with van der Waals surface area (Å²) in [4.78, 5) is -0.0254. The summed E-state index contributed by atoms with van der Waals surface area (Å²) >= 11 is 0. The van der Waals surface area contributed by atoms with Crippen LogP contribution in [0.5, 0.6) is 0 Å². The molecular formula is C38H61NO10S. The van der Waals surface area contributed by atoms with Crippen molar-refractivity contribution in [2.45, 2.75) is 158 Å². The van der Waals surface area contributed by atoms with Crippen LogP contribution in [0.25, 0.3) is 0 Å². The van der Waals surface area contributed by atoms with Crippen LogP contribution < -0.4 is 4.72 Å².